The standard InChI is InChI=1S/C17H22N4O.ClH/c18-15-8-10-20(11-9-15)17(22)7-6-14-12-19-21(13-14)16-4-2-1-3-5-16;/h1-5,12-13,15H,6-11,18H2;1H. The lowest BCUT2D eigenvalue weighted by atomic mass is 10.1. The smallest absolute Gasteiger partial charge is 0.222 e. The van der Waals surface area contributed by atoms with E-state index in [0.29, 0.717) is 6.42 Å². The minimum Gasteiger partial charge on any atom is -0.343 e. The quantitative estimate of drug-likeness (QED) is 0.932. The Hall–Kier alpha value is -1.85. The normalized spacial score (nSPS) is 15.3. The maximum absolute atomic E-state index is 12.2. The van der Waals surface area contributed by atoms with E-state index in [0.717, 1.165) is 43.6 Å². The van der Waals surface area contributed by atoms with E-state index in [-0.39, 0.29) is 24.4 Å². The van der Waals surface area contributed by atoms with E-state index in [1.165, 1.54) is 0 Å². The Morgan fingerprint density at radius 3 is 2.61 bits per heavy atom. The highest BCUT2D eigenvalue weighted by atomic mass is 35.5. The largest absolute Gasteiger partial charge is 0.343 e. The predicted octanol–water partition coefficient (Wildman–Crippen LogP) is 2.18. The van der Waals surface area contributed by atoms with Gasteiger partial charge in [-0.2, -0.15) is 5.10 Å². The van der Waals surface area contributed by atoms with Crippen molar-refractivity contribution in [3.63, 3.8) is 0 Å². The van der Waals surface area contributed by atoms with Gasteiger partial charge in [-0.1, -0.05) is 18.2 Å². The molecule has 0 spiro atoms. The van der Waals surface area contributed by atoms with Crippen LogP contribution >= 0.6 is 12.4 Å². The SMILES string of the molecule is Cl.NC1CCN(C(=O)CCc2cnn(-c3ccccc3)c2)CC1. The lowest BCUT2D eigenvalue weighted by Crippen LogP contribution is -2.42. The molecule has 0 bridgehead atoms. The molecule has 3 rings (SSSR count). The summed E-state index contributed by atoms with van der Waals surface area (Å²) in [6, 6.07) is 10.2. The second-order valence-corrected chi connectivity index (χ2v) is 5.85. The average molecular weight is 335 g/mol. The first kappa shape index (κ1) is 17.5. The van der Waals surface area contributed by atoms with Crippen molar-refractivity contribution in [3.8, 4) is 5.69 Å². The minimum atomic E-state index is 0. The zero-order valence-corrected chi connectivity index (χ0v) is 13.9. The molecule has 2 heterocycles. The third-order valence-electron chi connectivity index (χ3n) is 4.18. The molecule has 124 valence electrons. The number of amides is 1. The van der Waals surface area contributed by atoms with E-state index in [4.69, 9.17) is 5.73 Å². The van der Waals surface area contributed by atoms with Crippen molar-refractivity contribution in [2.45, 2.75) is 31.7 Å². The van der Waals surface area contributed by atoms with Gasteiger partial charge in [0.1, 0.15) is 0 Å². The van der Waals surface area contributed by atoms with Crippen LogP contribution in [0.15, 0.2) is 42.7 Å². The van der Waals surface area contributed by atoms with Crippen LogP contribution in [0, 0.1) is 0 Å². The number of aromatic nitrogens is 2. The summed E-state index contributed by atoms with van der Waals surface area (Å²) in [7, 11) is 0. The monoisotopic (exact) mass is 334 g/mol. The second kappa shape index (κ2) is 8.13. The molecule has 5 nitrogen and oxygen atoms in total. The zero-order chi connectivity index (χ0) is 15.4. The summed E-state index contributed by atoms with van der Waals surface area (Å²) < 4.78 is 1.85. The molecule has 23 heavy (non-hydrogen) atoms. The van der Waals surface area contributed by atoms with E-state index >= 15 is 0 Å². The molecule has 1 aliphatic heterocycles. The second-order valence-electron chi connectivity index (χ2n) is 5.85. The van der Waals surface area contributed by atoms with Crippen molar-refractivity contribution in [1.82, 2.24) is 14.7 Å². The number of carbonyl (C=O) groups excluding carboxylic acids is 1. The molecule has 0 aliphatic carbocycles. The molecule has 1 aromatic carbocycles. The van der Waals surface area contributed by atoms with Gasteiger partial charge in [0, 0.05) is 31.7 Å². The minimum absolute atomic E-state index is 0. The lowest BCUT2D eigenvalue weighted by molar-refractivity contribution is -0.132. The summed E-state index contributed by atoms with van der Waals surface area (Å²) in [4.78, 5) is 14.1. The highest BCUT2D eigenvalue weighted by molar-refractivity contribution is 5.85. The number of carbonyl (C=O) groups is 1. The average Bonchev–Trinajstić information content (AvgIpc) is 3.03. The van der Waals surface area contributed by atoms with Crippen LogP contribution < -0.4 is 5.73 Å². The number of rotatable bonds is 4. The Bertz CT molecular complexity index is 621. The predicted molar refractivity (Wildman–Crippen MR) is 92.9 cm³/mol. The molecule has 1 fully saturated rings. The molecular formula is C17H23ClN4O. The third kappa shape index (κ3) is 4.56. The highest BCUT2D eigenvalue weighted by Gasteiger charge is 2.20. The van der Waals surface area contributed by atoms with Crippen LogP contribution in [-0.2, 0) is 11.2 Å². The van der Waals surface area contributed by atoms with Crippen LogP contribution in [0.5, 0.6) is 0 Å². The van der Waals surface area contributed by atoms with Gasteiger partial charge in [-0.25, -0.2) is 4.68 Å². The number of halogens is 1. The summed E-state index contributed by atoms with van der Waals surface area (Å²) in [6.45, 7) is 1.59. The molecule has 2 aromatic rings. The first-order valence-corrected chi connectivity index (χ1v) is 7.85. The fourth-order valence-electron chi connectivity index (χ4n) is 2.77. The maximum atomic E-state index is 12.2. The first-order chi connectivity index (χ1) is 10.7. The van der Waals surface area contributed by atoms with Crippen molar-refractivity contribution >= 4 is 18.3 Å². The molecule has 0 unspecified atom stereocenters. The molecule has 0 saturated carbocycles. The number of piperidine rings is 1. The van der Waals surface area contributed by atoms with Gasteiger partial charge < -0.3 is 10.6 Å². The van der Waals surface area contributed by atoms with E-state index in [9.17, 15) is 4.79 Å². The third-order valence-corrected chi connectivity index (χ3v) is 4.18. The van der Waals surface area contributed by atoms with Crippen LogP contribution in [0.25, 0.3) is 5.69 Å². The fraction of sp³-hybridized carbons (Fsp3) is 0.412. The number of aryl methyl sites for hydroxylation is 1. The van der Waals surface area contributed by atoms with Crippen molar-refractivity contribution in [3.05, 3.63) is 48.3 Å². The molecule has 6 heteroatoms. The molecule has 0 radical (unpaired) electrons. The maximum Gasteiger partial charge on any atom is 0.222 e. The Balaban J connectivity index is 0.00000192. The molecular weight excluding hydrogens is 312 g/mol. The van der Waals surface area contributed by atoms with Crippen LogP contribution in [0.4, 0.5) is 0 Å². The Kier molecular flexibility index (Phi) is 6.19. The lowest BCUT2D eigenvalue weighted by Gasteiger charge is -2.30. The molecule has 1 aliphatic rings. The number of likely N-dealkylation sites (tertiary alicyclic amines) is 1. The van der Waals surface area contributed by atoms with Crippen LogP contribution in [0.1, 0.15) is 24.8 Å². The Morgan fingerprint density at radius 2 is 1.91 bits per heavy atom. The van der Waals surface area contributed by atoms with Gasteiger partial charge in [-0.3, -0.25) is 4.79 Å². The highest BCUT2D eigenvalue weighted by Crippen LogP contribution is 2.12. The summed E-state index contributed by atoms with van der Waals surface area (Å²) in [5, 5.41) is 4.36. The van der Waals surface area contributed by atoms with Gasteiger partial charge >= 0.3 is 0 Å². The van der Waals surface area contributed by atoms with Gasteiger partial charge in [0.25, 0.3) is 0 Å². The van der Waals surface area contributed by atoms with Gasteiger partial charge in [0.05, 0.1) is 11.9 Å². The van der Waals surface area contributed by atoms with Gasteiger partial charge in [0.15, 0.2) is 0 Å². The van der Waals surface area contributed by atoms with Crippen LogP contribution in [0.3, 0.4) is 0 Å². The number of nitrogens with two attached hydrogens (primary N) is 1. The van der Waals surface area contributed by atoms with Gasteiger partial charge in [-0.05, 0) is 37.0 Å². The summed E-state index contributed by atoms with van der Waals surface area (Å²) in [5.41, 5.74) is 7.99. The molecule has 1 saturated heterocycles. The van der Waals surface area contributed by atoms with Gasteiger partial charge in [0.2, 0.25) is 5.91 Å². The van der Waals surface area contributed by atoms with Crippen LogP contribution in [0.2, 0.25) is 0 Å². The van der Waals surface area contributed by atoms with Crippen LogP contribution in [-0.4, -0.2) is 39.7 Å². The number of para-hydroxylation sites is 1. The Labute approximate surface area is 142 Å². The molecule has 1 aromatic heterocycles. The van der Waals surface area contributed by atoms with Crippen molar-refractivity contribution in [2.24, 2.45) is 5.73 Å². The first-order valence-electron chi connectivity index (χ1n) is 7.85. The van der Waals surface area contributed by atoms with Gasteiger partial charge in [-0.15, -0.1) is 12.4 Å². The van der Waals surface area contributed by atoms with Crippen molar-refractivity contribution in [2.75, 3.05) is 13.1 Å². The van der Waals surface area contributed by atoms with E-state index in [1.807, 2.05) is 52.3 Å². The summed E-state index contributed by atoms with van der Waals surface area (Å²) in [6.07, 6.45) is 6.93. The van der Waals surface area contributed by atoms with E-state index in [1.54, 1.807) is 0 Å². The molecule has 2 N–H and O–H groups in total. The number of hydrogen-bond acceptors (Lipinski definition) is 3. The van der Waals surface area contributed by atoms with Crippen molar-refractivity contribution in [1.29, 1.82) is 0 Å². The van der Waals surface area contributed by atoms with E-state index < -0.39 is 0 Å². The fourth-order valence-corrected chi connectivity index (χ4v) is 2.77. The molecule has 0 atom stereocenters. The topological polar surface area (TPSA) is 64.2 Å². The van der Waals surface area contributed by atoms with Crippen molar-refractivity contribution < 1.29 is 4.79 Å². The zero-order valence-electron chi connectivity index (χ0n) is 13.1. The number of hydrogen-bond donors (Lipinski definition) is 1. The summed E-state index contributed by atoms with van der Waals surface area (Å²) >= 11 is 0. The summed E-state index contributed by atoms with van der Waals surface area (Å²) in [5.74, 6) is 0.222. The molecule has 1 amide bonds. The number of benzene rings is 1. The van der Waals surface area contributed by atoms with E-state index in [2.05, 4.69) is 5.10 Å². The Morgan fingerprint density at radius 1 is 1.22 bits per heavy atom. The number of nitrogens with zero attached hydrogens (tertiary/aromatic N) is 3.